The number of para-hydroxylation sites is 1. The molecule has 1 aliphatic rings. The number of carbonyl (C=O) groups is 1. The molecule has 4 heteroatoms. The number of anilines is 1. The first-order chi connectivity index (χ1) is 11.1. The van der Waals surface area contributed by atoms with Crippen LogP contribution in [-0.2, 0) is 4.79 Å². The van der Waals surface area contributed by atoms with E-state index in [4.69, 9.17) is 12.2 Å². The highest BCUT2D eigenvalue weighted by molar-refractivity contribution is 8.27. The molecule has 0 spiro atoms. The van der Waals surface area contributed by atoms with E-state index in [1.807, 2.05) is 73.7 Å². The van der Waals surface area contributed by atoms with E-state index >= 15 is 0 Å². The van der Waals surface area contributed by atoms with E-state index in [1.165, 1.54) is 11.8 Å². The normalized spacial score (nSPS) is 17.2. The fourth-order valence-electron chi connectivity index (χ4n) is 2.33. The van der Waals surface area contributed by atoms with Crippen LogP contribution in [0, 0.1) is 0 Å². The van der Waals surface area contributed by atoms with E-state index < -0.39 is 0 Å². The zero-order chi connectivity index (χ0) is 16.2. The molecular formula is C19H15NOS2. The molecule has 2 aromatic rings. The van der Waals surface area contributed by atoms with Crippen molar-refractivity contribution in [3.05, 3.63) is 82.8 Å². The van der Waals surface area contributed by atoms with Gasteiger partial charge in [-0.05, 0) is 36.3 Å². The number of hydrogen-bond donors (Lipinski definition) is 0. The van der Waals surface area contributed by atoms with Gasteiger partial charge >= 0.3 is 0 Å². The quantitative estimate of drug-likeness (QED) is 0.578. The number of allylic oxidation sites excluding steroid dienone is 2. The highest BCUT2D eigenvalue weighted by atomic mass is 32.2. The van der Waals surface area contributed by atoms with Gasteiger partial charge in [0.05, 0.1) is 10.6 Å². The van der Waals surface area contributed by atoms with Crippen molar-refractivity contribution >= 4 is 46.0 Å². The molecule has 0 bridgehead atoms. The van der Waals surface area contributed by atoms with E-state index in [2.05, 4.69) is 6.08 Å². The minimum atomic E-state index is -0.0630. The summed E-state index contributed by atoms with van der Waals surface area (Å²) in [5.74, 6) is -0.0630. The largest absolute Gasteiger partial charge is 0.270 e. The van der Waals surface area contributed by atoms with Gasteiger partial charge in [0.2, 0.25) is 0 Å². The van der Waals surface area contributed by atoms with Crippen molar-refractivity contribution in [1.29, 1.82) is 0 Å². The highest BCUT2D eigenvalue weighted by Crippen LogP contribution is 2.35. The predicted molar refractivity (Wildman–Crippen MR) is 102 cm³/mol. The number of rotatable bonds is 3. The lowest BCUT2D eigenvalue weighted by Gasteiger charge is -2.13. The molecule has 0 radical (unpaired) electrons. The smallest absolute Gasteiger partial charge is 0.268 e. The second kappa shape index (κ2) is 6.94. The summed E-state index contributed by atoms with van der Waals surface area (Å²) in [5, 5.41) is 0. The molecule has 0 atom stereocenters. The number of hydrogen-bond acceptors (Lipinski definition) is 3. The van der Waals surface area contributed by atoms with Crippen LogP contribution in [0.3, 0.4) is 0 Å². The fourth-order valence-corrected chi connectivity index (χ4v) is 3.68. The Kier molecular flexibility index (Phi) is 4.74. The average molecular weight is 337 g/mol. The van der Waals surface area contributed by atoms with Crippen LogP contribution >= 0.6 is 24.0 Å². The van der Waals surface area contributed by atoms with Gasteiger partial charge in [0.15, 0.2) is 4.32 Å². The number of thioether (sulfide) groups is 1. The van der Waals surface area contributed by atoms with E-state index in [0.717, 1.165) is 16.8 Å². The molecule has 0 saturated carbocycles. The lowest BCUT2D eigenvalue weighted by molar-refractivity contribution is -0.113. The number of thiocarbonyl (C=S) groups is 1. The Labute approximate surface area is 145 Å². The maximum atomic E-state index is 12.6. The minimum Gasteiger partial charge on any atom is -0.268 e. The minimum absolute atomic E-state index is 0.0630. The summed E-state index contributed by atoms with van der Waals surface area (Å²) >= 11 is 6.71. The van der Waals surface area contributed by atoms with Gasteiger partial charge in [0.1, 0.15) is 0 Å². The number of nitrogens with zero attached hydrogens (tertiary/aromatic N) is 1. The van der Waals surface area contributed by atoms with Crippen molar-refractivity contribution in [3.8, 4) is 0 Å². The van der Waals surface area contributed by atoms with Crippen molar-refractivity contribution < 1.29 is 4.79 Å². The Morgan fingerprint density at radius 1 is 1.04 bits per heavy atom. The van der Waals surface area contributed by atoms with Crippen molar-refractivity contribution in [2.45, 2.75) is 6.92 Å². The number of benzene rings is 2. The van der Waals surface area contributed by atoms with Crippen molar-refractivity contribution in [3.63, 3.8) is 0 Å². The SMILES string of the molecule is CC(=Cc1ccccc1)/C=C1/SC(=S)N(c2ccccc2)C1=O. The van der Waals surface area contributed by atoms with Gasteiger partial charge in [-0.15, -0.1) is 0 Å². The van der Waals surface area contributed by atoms with E-state index in [9.17, 15) is 4.79 Å². The Morgan fingerprint density at radius 3 is 2.30 bits per heavy atom. The summed E-state index contributed by atoms with van der Waals surface area (Å²) in [4.78, 5) is 14.9. The Hall–Kier alpha value is -2.17. The highest BCUT2D eigenvalue weighted by Gasteiger charge is 2.32. The predicted octanol–water partition coefficient (Wildman–Crippen LogP) is 5.04. The molecule has 1 saturated heterocycles. The molecule has 0 unspecified atom stereocenters. The summed E-state index contributed by atoms with van der Waals surface area (Å²) in [7, 11) is 0. The van der Waals surface area contributed by atoms with Gasteiger partial charge in [-0.3, -0.25) is 9.69 Å². The van der Waals surface area contributed by atoms with E-state index in [1.54, 1.807) is 4.90 Å². The van der Waals surface area contributed by atoms with Crippen LogP contribution in [-0.4, -0.2) is 10.2 Å². The molecule has 2 aromatic carbocycles. The van der Waals surface area contributed by atoms with Crippen LogP contribution in [0.4, 0.5) is 5.69 Å². The molecule has 2 nitrogen and oxygen atoms in total. The topological polar surface area (TPSA) is 20.3 Å². The van der Waals surface area contributed by atoms with Gasteiger partial charge in [-0.2, -0.15) is 0 Å². The summed E-state index contributed by atoms with van der Waals surface area (Å²) in [5.41, 5.74) is 2.94. The molecule has 1 fully saturated rings. The summed E-state index contributed by atoms with van der Waals surface area (Å²) in [6.45, 7) is 1.99. The Balaban J connectivity index is 1.86. The summed E-state index contributed by atoms with van der Waals surface area (Å²) in [6.07, 6.45) is 3.95. The first-order valence-corrected chi connectivity index (χ1v) is 8.44. The van der Waals surface area contributed by atoms with Crippen LogP contribution in [0.1, 0.15) is 12.5 Å². The zero-order valence-electron chi connectivity index (χ0n) is 12.6. The van der Waals surface area contributed by atoms with E-state index in [0.29, 0.717) is 9.23 Å². The molecule has 0 aliphatic carbocycles. The number of amides is 1. The molecule has 1 heterocycles. The molecule has 1 amide bonds. The van der Waals surface area contributed by atoms with Crippen molar-refractivity contribution in [2.75, 3.05) is 4.90 Å². The standard InChI is InChI=1S/C19H15NOS2/c1-14(12-15-8-4-2-5-9-15)13-17-18(21)20(19(22)23-17)16-10-6-3-7-11-16/h2-13H,1H3/b14-12?,17-13+. The Morgan fingerprint density at radius 2 is 1.65 bits per heavy atom. The van der Waals surface area contributed by atoms with Crippen LogP contribution in [0.2, 0.25) is 0 Å². The lowest BCUT2D eigenvalue weighted by atomic mass is 10.1. The van der Waals surface area contributed by atoms with Gasteiger partial charge in [-0.1, -0.05) is 78.6 Å². The van der Waals surface area contributed by atoms with Crippen molar-refractivity contribution in [1.82, 2.24) is 0 Å². The molecule has 1 aliphatic heterocycles. The maximum Gasteiger partial charge on any atom is 0.270 e. The van der Waals surface area contributed by atoms with Crippen LogP contribution in [0.25, 0.3) is 6.08 Å². The first kappa shape index (κ1) is 15.7. The Bertz CT molecular complexity index is 795. The fraction of sp³-hybridized carbons (Fsp3) is 0.0526. The van der Waals surface area contributed by atoms with Crippen LogP contribution < -0.4 is 4.90 Å². The second-order valence-corrected chi connectivity index (χ2v) is 6.83. The maximum absolute atomic E-state index is 12.6. The molecule has 23 heavy (non-hydrogen) atoms. The van der Waals surface area contributed by atoms with Crippen LogP contribution in [0.5, 0.6) is 0 Å². The van der Waals surface area contributed by atoms with Crippen LogP contribution in [0.15, 0.2) is 77.2 Å². The van der Waals surface area contributed by atoms with Gasteiger partial charge in [-0.25, -0.2) is 0 Å². The average Bonchev–Trinajstić information content (AvgIpc) is 2.83. The zero-order valence-corrected chi connectivity index (χ0v) is 14.2. The van der Waals surface area contributed by atoms with Gasteiger partial charge in [0, 0.05) is 0 Å². The van der Waals surface area contributed by atoms with E-state index in [-0.39, 0.29) is 5.91 Å². The molecule has 0 N–H and O–H groups in total. The lowest BCUT2D eigenvalue weighted by Crippen LogP contribution is -2.27. The van der Waals surface area contributed by atoms with Crippen molar-refractivity contribution in [2.24, 2.45) is 0 Å². The molecule has 114 valence electrons. The molecule has 0 aromatic heterocycles. The third-order valence-electron chi connectivity index (χ3n) is 3.36. The molecule has 3 rings (SSSR count). The third kappa shape index (κ3) is 3.60. The summed E-state index contributed by atoms with van der Waals surface area (Å²) in [6, 6.07) is 19.5. The first-order valence-electron chi connectivity index (χ1n) is 7.21. The monoisotopic (exact) mass is 337 g/mol. The number of carbonyl (C=O) groups excluding carboxylic acids is 1. The second-order valence-electron chi connectivity index (χ2n) is 5.15. The van der Waals surface area contributed by atoms with Gasteiger partial charge in [0.25, 0.3) is 5.91 Å². The third-order valence-corrected chi connectivity index (χ3v) is 4.66. The summed E-state index contributed by atoms with van der Waals surface area (Å²) < 4.78 is 0.569. The van der Waals surface area contributed by atoms with Gasteiger partial charge < -0.3 is 0 Å². The molecular weight excluding hydrogens is 322 g/mol.